The van der Waals surface area contributed by atoms with Crippen LogP contribution in [0.15, 0.2) is 18.2 Å². The SMILES string of the molecule is CNCC1CC2(CC2)c2cc(C)ccc21. The average Bonchev–Trinajstić information content (AvgIpc) is 2.92. The van der Waals surface area contributed by atoms with E-state index in [2.05, 4.69) is 37.5 Å². The summed E-state index contributed by atoms with van der Waals surface area (Å²) in [4.78, 5) is 0. The molecule has 2 aliphatic rings. The van der Waals surface area contributed by atoms with Gasteiger partial charge in [0.15, 0.2) is 0 Å². The summed E-state index contributed by atoms with van der Waals surface area (Å²) in [5.74, 6) is 0.757. The Hall–Kier alpha value is -0.820. The molecule has 0 radical (unpaired) electrons. The Kier molecular flexibility index (Phi) is 1.93. The van der Waals surface area contributed by atoms with Gasteiger partial charge in [-0.05, 0) is 55.7 Å². The van der Waals surface area contributed by atoms with E-state index in [1.165, 1.54) is 24.8 Å². The summed E-state index contributed by atoms with van der Waals surface area (Å²) in [6.07, 6.45) is 4.22. The lowest BCUT2D eigenvalue weighted by molar-refractivity contribution is 0.555. The van der Waals surface area contributed by atoms with Crippen LogP contribution in [-0.4, -0.2) is 13.6 Å². The molecule has 1 unspecified atom stereocenters. The number of likely N-dealkylation sites (N-methyl/N-ethyl adjacent to an activating group) is 1. The number of hydrogen-bond acceptors (Lipinski definition) is 1. The highest BCUT2D eigenvalue weighted by Gasteiger charge is 2.51. The second-order valence-electron chi connectivity index (χ2n) is 5.33. The van der Waals surface area contributed by atoms with Crippen LogP contribution in [-0.2, 0) is 5.41 Å². The summed E-state index contributed by atoms with van der Waals surface area (Å²) in [7, 11) is 2.06. The molecule has 1 aromatic carbocycles. The number of fused-ring (bicyclic) bond motifs is 2. The van der Waals surface area contributed by atoms with Gasteiger partial charge >= 0.3 is 0 Å². The van der Waals surface area contributed by atoms with E-state index >= 15 is 0 Å². The maximum atomic E-state index is 3.33. The lowest BCUT2D eigenvalue weighted by Crippen LogP contribution is -2.15. The Morgan fingerprint density at radius 1 is 1.40 bits per heavy atom. The van der Waals surface area contributed by atoms with E-state index < -0.39 is 0 Å². The van der Waals surface area contributed by atoms with E-state index in [0.717, 1.165) is 12.5 Å². The zero-order chi connectivity index (χ0) is 10.5. The van der Waals surface area contributed by atoms with Crippen LogP contribution in [0.25, 0.3) is 0 Å². The monoisotopic (exact) mass is 201 g/mol. The van der Waals surface area contributed by atoms with Crippen molar-refractivity contribution in [2.75, 3.05) is 13.6 Å². The van der Waals surface area contributed by atoms with Gasteiger partial charge in [-0.15, -0.1) is 0 Å². The fourth-order valence-electron chi connectivity index (χ4n) is 3.23. The molecule has 1 nitrogen and oxygen atoms in total. The number of benzene rings is 1. The number of nitrogens with one attached hydrogen (secondary N) is 1. The van der Waals surface area contributed by atoms with Gasteiger partial charge in [-0.25, -0.2) is 0 Å². The molecule has 15 heavy (non-hydrogen) atoms. The minimum absolute atomic E-state index is 0.600. The Labute approximate surface area is 91.9 Å². The predicted molar refractivity (Wildman–Crippen MR) is 63.4 cm³/mol. The van der Waals surface area contributed by atoms with Crippen LogP contribution in [0.4, 0.5) is 0 Å². The first-order valence-corrected chi connectivity index (χ1v) is 6.01. The molecule has 80 valence electrons. The molecule has 1 fully saturated rings. The molecule has 0 amide bonds. The molecule has 1 N–H and O–H groups in total. The maximum absolute atomic E-state index is 3.33. The summed E-state index contributed by atoms with van der Waals surface area (Å²) in [5.41, 5.74) is 5.31. The van der Waals surface area contributed by atoms with Gasteiger partial charge in [0.25, 0.3) is 0 Å². The highest BCUT2D eigenvalue weighted by atomic mass is 14.8. The maximum Gasteiger partial charge on any atom is 0.00175 e. The van der Waals surface area contributed by atoms with Gasteiger partial charge in [-0.2, -0.15) is 0 Å². The lowest BCUT2D eigenvalue weighted by Gasteiger charge is -2.10. The van der Waals surface area contributed by atoms with Crippen molar-refractivity contribution in [1.82, 2.24) is 5.32 Å². The van der Waals surface area contributed by atoms with Crippen LogP contribution in [0, 0.1) is 6.92 Å². The van der Waals surface area contributed by atoms with E-state index in [0.29, 0.717) is 5.41 Å². The molecule has 1 heteroatoms. The van der Waals surface area contributed by atoms with Crippen LogP contribution in [0.5, 0.6) is 0 Å². The molecule has 3 rings (SSSR count). The van der Waals surface area contributed by atoms with Crippen molar-refractivity contribution in [2.45, 2.75) is 37.5 Å². The van der Waals surface area contributed by atoms with E-state index in [-0.39, 0.29) is 0 Å². The zero-order valence-electron chi connectivity index (χ0n) is 9.64. The highest BCUT2D eigenvalue weighted by Crippen LogP contribution is 2.60. The molecule has 0 bridgehead atoms. The Morgan fingerprint density at radius 3 is 2.87 bits per heavy atom. The normalized spacial score (nSPS) is 25.6. The van der Waals surface area contributed by atoms with Crippen molar-refractivity contribution >= 4 is 0 Å². The van der Waals surface area contributed by atoms with Gasteiger partial charge in [0.05, 0.1) is 0 Å². The van der Waals surface area contributed by atoms with Crippen molar-refractivity contribution in [3.8, 4) is 0 Å². The largest absolute Gasteiger partial charge is 0.319 e. The van der Waals surface area contributed by atoms with Gasteiger partial charge in [0.1, 0.15) is 0 Å². The molecular weight excluding hydrogens is 182 g/mol. The van der Waals surface area contributed by atoms with Crippen LogP contribution >= 0.6 is 0 Å². The highest BCUT2D eigenvalue weighted by molar-refractivity contribution is 5.48. The van der Waals surface area contributed by atoms with Gasteiger partial charge in [-0.3, -0.25) is 0 Å². The average molecular weight is 201 g/mol. The Bertz CT molecular complexity index is 390. The summed E-state index contributed by atoms with van der Waals surface area (Å²) in [6, 6.07) is 7.06. The van der Waals surface area contributed by atoms with Crippen LogP contribution < -0.4 is 5.32 Å². The molecule has 2 aliphatic carbocycles. The van der Waals surface area contributed by atoms with Crippen LogP contribution in [0.2, 0.25) is 0 Å². The summed E-state index contributed by atoms with van der Waals surface area (Å²) >= 11 is 0. The first kappa shape index (κ1) is 9.41. The van der Waals surface area contributed by atoms with E-state index in [1.54, 1.807) is 11.1 Å². The predicted octanol–water partition coefficient (Wildman–Crippen LogP) is 2.73. The molecule has 0 aliphatic heterocycles. The second kappa shape index (κ2) is 3.08. The first-order chi connectivity index (χ1) is 7.25. The first-order valence-electron chi connectivity index (χ1n) is 6.01. The van der Waals surface area contributed by atoms with Gasteiger partial charge in [0, 0.05) is 6.54 Å². The molecule has 1 atom stereocenters. The molecule has 0 heterocycles. The van der Waals surface area contributed by atoms with Crippen molar-refractivity contribution in [3.05, 3.63) is 34.9 Å². The van der Waals surface area contributed by atoms with E-state index in [1.807, 2.05) is 0 Å². The van der Waals surface area contributed by atoms with E-state index in [4.69, 9.17) is 0 Å². The van der Waals surface area contributed by atoms with Crippen LogP contribution in [0.3, 0.4) is 0 Å². The third kappa shape index (κ3) is 1.33. The third-order valence-corrected chi connectivity index (χ3v) is 4.16. The number of hydrogen-bond donors (Lipinski definition) is 1. The molecule has 0 saturated heterocycles. The van der Waals surface area contributed by atoms with Gasteiger partial charge in [0.2, 0.25) is 0 Å². The minimum Gasteiger partial charge on any atom is -0.319 e. The lowest BCUT2D eigenvalue weighted by atomic mass is 9.97. The van der Waals surface area contributed by atoms with Crippen LogP contribution in [0.1, 0.15) is 41.9 Å². The van der Waals surface area contributed by atoms with Crippen molar-refractivity contribution < 1.29 is 0 Å². The standard InChI is InChI=1S/C14H19N/c1-10-3-4-12-11(9-15-2)8-14(5-6-14)13(12)7-10/h3-4,7,11,15H,5-6,8-9H2,1-2H3. The minimum atomic E-state index is 0.600. The topological polar surface area (TPSA) is 12.0 Å². The van der Waals surface area contributed by atoms with E-state index in [9.17, 15) is 0 Å². The summed E-state index contributed by atoms with van der Waals surface area (Å²) in [5, 5.41) is 3.33. The third-order valence-electron chi connectivity index (χ3n) is 4.16. The molecule has 1 spiro atoms. The fraction of sp³-hybridized carbons (Fsp3) is 0.571. The number of aryl methyl sites for hydroxylation is 1. The molecule has 1 aromatic rings. The summed E-state index contributed by atoms with van der Waals surface area (Å²) < 4.78 is 0. The Morgan fingerprint density at radius 2 is 2.20 bits per heavy atom. The van der Waals surface area contributed by atoms with Gasteiger partial charge < -0.3 is 5.32 Å². The van der Waals surface area contributed by atoms with Crippen molar-refractivity contribution in [2.24, 2.45) is 0 Å². The Balaban J connectivity index is 2.04. The number of rotatable bonds is 2. The second-order valence-corrected chi connectivity index (χ2v) is 5.33. The van der Waals surface area contributed by atoms with Gasteiger partial charge in [-0.1, -0.05) is 23.8 Å². The van der Waals surface area contributed by atoms with Crippen molar-refractivity contribution in [3.63, 3.8) is 0 Å². The zero-order valence-corrected chi connectivity index (χ0v) is 9.64. The van der Waals surface area contributed by atoms with Crippen molar-refractivity contribution in [1.29, 1.82) is 0 Å². The fourth-order valence-corrected chi connectivity index (χ4v) is 3.23. The smallest absolute Gasteiger partial charge is 0.00175 e. The molecule has 0 aromatic heterocycles. The molecular formula is C14H19N. The summed E-state index contributed by atoms with van der Waals surface area (Å²) in [6.45, 7) is 3.35. The molecule has 1 saturated carbocycles. The quantitative estimate of drug-likeness (QED) is 0.776.